The molecule has 0 saturated heterocycles. The van der Waals surface area contributed by atoms with Crippen molar-refractivity contribution in [2.24, 2.45) is 0 Å². The van der Waals surface area contributed by atoms with Crippen molar-refractivity contribution in [1.82, 2.24) is 10.3 Å². The highest BCUT2D eigenvalue weighted by atomic mass is 19.1. The van der Waals surface area contributed by atoms with Gasteiger partial charge in [-0.25, -0.2) is 13.8 Å². The van der Waals surface area contributed by atoms with Crippen molar-refractivity contribution < 1.29 is 8.78 Å². The van der Waals surface area contributed by atoms with Gasteiger partial charge in [-0.1, -0.05) is 18.7 Å². The Morgan fingerprint density at radius 2 is 1.79 bits per heavy atom. The maximum Gasteiger partial charge on any atom is 0.133 e. The maximum atomic E-state index is 13.4. The molecule has 28 heavy (non-hydrogen) atoms. The number of anilines is 3. The summed E-state index contributed by atoms with van der Waals surface area (Å²) >= 11 is 0. The van der Waals surface area contributed by atoms with E-state index in [1.807, 2.05) is 6.07 Å². The number of aromatic nitrogens is 1. The van der Waals surface area contributed by atoms with E-state index in [1.54, 1.807) is 30.3 Å². The molecule has 3 aromatic rings. The molecule has 4 N–H and O–H groups in total. The summed E-state index contributed by atoms with van der Waals surface area (Å²) in [6.45, 7) is 4.08. The van der Waals surface area contributed by atoms with Gasteiger partial charge in [0.15, 0.2) is 0 Å². The third-order valence-corrected chi connectivity index (χ3v) is 4.73. The molecule has 1 aliphatic rings. The molecular weight excluding hydrogens is 358 g/mol. The molecule has 0 bridgehead atoms. The van der Waals surface area contributed by atoms with E-state index in [1.165, 1.54) is 18.2 Å². The van der Waals surface area contributed by atoms with Crippen LogP contribution in [0.2, 0.25) is 0 Å². The fourth-order valence-electron chi connectivity index (χ4n) is 3.49. The number of fused-ring (bicyclic) bond motifs is 1. The van der Waals surface area contributed by atoms with E-state index in [2.05, 4.69) is 22.2 Å². The second-order valence-electron chi connectivity index (χ2n) is 6.95. The fraction of sp³-hybridized carbons (Fsp3) is 0.136. The first-order valence-corrected chi connectivity index (χ1v) is 8.99. The summed E-state index contributed by atoms with van der Waals surface area (Å²) in [4.78, 5) is 4.53. The predicted octanol–water partition coefficient (Wildman–Crippen LogP) is 4.41. The average Bonchev–Trinajstić information content (AvgIpc) is 3.02. The van der Waals surface area contributed by atoms with Gasteiger partial charge in [0.25, 0.3) is 0 Å². The molecule has 4 rings (SSSR count). The van der Waals surface area contributed by atoms with Crippen molar-refractivity contribution >= 4 is 22.9 Å². The smallest absolute Gasteiger partial charge is 0.133 e. The average molecular weight is 378 g/mol. The first kappa shape index (κ1) is 18.0. The first-order chi connectivity index (χ1) is 13.5. The van der Waals surface area contributed by atoms with Crippen LogP contribution in [0.25, 0.3) is 5.70 Å². The maximum absolute atomic E-state index is 13.4. The Hall–Kier alpha value is -3.41. The zero-order valence-corrected chi connectivity index (χ0v) is 15.2. The number of nitrogens with one attached hydrogen (secondary N) is 2. The largest absolute Gasteiger partial charge is 0.399 e. The monoisotopic (exact) mass is 378 g/mol. The standard InChI is InChI=1S/C22H20F2N4/c1-13(26-20-8-14-5-6-17(24)7-15(14)9-20)21-11-18(25)12-22(28-21)27-19-4-2-3-16(23)10-19/h2-7,10-12,20,26H,1,8-9H2,(H3,25,27,28). The highest BCUT2D eigenvalue weighted by Gasteiger charge is 2.22. The van der Waals surface area contributed by atoms with Gasteiger partial charge in [-0.2, -0.15) is 0 Å². The number of nitrogens with zero attached hydrogens (tertiary/aromatic N) is 1. The molecule has 1 atom stereocenters. The van der Waals surface area contributed by atoms with Gasteiger partial charge in [0.05, 0.1) is 11.4 Å². The molecule has 2 aromatic carbocycles. The van der Waals surface area contributed by atoms with Crippen molar-refractivity contribution in [3.63, 3.8) is 0 Å². The summed E-state index contributed by atoms with van der Waals surface area (Å²) in [5, 5.41) is 6.42. The van der Waals surface area contributed by atoms with Crippen molar-refractivity contribution in [3.8, 4) is 0 Å². The fourth-order valence-corrected chi connectivity index (χ4v) is 3.49. The van der Waals surface area contributed by atoms with Gasteiger partial charge >= 0.3 is 0 Å². The molecule has 6 heteroatoms. The van der Waals surface area contributed by atoms with Gasteiger partial charge in [-0.05, 0) is 60.4 Å². The van der Waals surface area contributed by atoms with E-state index < -0.39 is 0 Å². The summed E-state index contributed by atoms with van der Waals surface area (Å²) < 4.78 is 26.8. The number of nitrogen functional groups attached to an aromatic ring is 1. The van der Waals surface area contributed by atoms with Gasteiger partial charge < -0.3 is 16.4 Å². The third kappa shape index (κ3) is 3.96. The normalized spacial score (nSPS) is 15.1. The molecule has 0 saturated carbocycles. The molecule has 1 unspecified atom stereocenters. The minimum atomic E-state index is -0.336. The van der Waals surface area contributed by atoms with Crippen LogP contribution < -0.4 is 16.4 Å². The zero-order valence-electron chi connectivity index (χ0n) is 15.2. The van der Waals surface area contributed by atoms with E-state index in [4.69, 9.17) is 5.73 Å². The summed E-state index contributed by atoms with van der Waals surface area (Å²) in [5.41, 5.74) is 10.5. The Labute approximate surface area is 162 Å². The molecule has 0 amide bonds. The molecule has 1 aromatic heterocycles. The van der Waals surface area contributed by atoms with E-state index >= 15 is 0 Å². The lowest BCUT2D eigenvalue weighted by atomic mass is 10.1. The molecule has 1 heterocycles. The van der Waals surface area contributed by atoms with Gasteiger partial charge in [0, 0.05) is 23.5 Å². The van der Waals surface area contributed by atoms with Crippen molar-refractivity contribution in [3.05, 3.63) is 89.6 Å². The zero-order chi connectivity index (χ0) is 19.7. The van der Waals surface area contributed by atoms with Crippen LogP contribution in [0.4, 0.5) is 26.0 Å². The lowest BCUT2D eigenvalue weighted by Crippen LogP contribution is -2.28. The Morgan fingerprint density at radius 1 is 1.00 bits per heavy atom. The van der Waals surface area contributed by atoms with Crippen LogP contribution in [0.3, 0.4) is 0 Å². The lowest BCUT2D eigenvalue weighted by molar-refractivity contribution is 0.621. The van der Waals surface area contributed by atoms with Crippen molar-refractivity contribution in [2.45, 2.75) is 18.9 Å². The van der Waals surface area contributed by atoms with Crippen LogP contribution >= 0.6 is 0 Å². The van der Waals surface area contributed by atoms with Crippen LogP contribution in [0.15, 0.2) is 61.2 Å². The number of hydrogen-bond acceptors (Lipinski definition) is 4. The topological polar surface area (TPSA) is 63.0 Å². The summed E-state index contributed by atoms with van der Waals surface area (Å²) in [6.07, 6.45) is 1.52. The van der Waals surface area contributed by atoms with E-state index in [0.717, 1.165) is 24.0 Å². The number of pyridine rings is 1. The number of nitrogens with two attached hydrogens (primary N) is 1. The van der Waals surface area contributed by atoms with Crippen LogP contribution in [0.5, 0.6) is 0 Å². The lowest BCUT2D eigenvalue weighted by Gasteiger charge is -2.17. The predicted molar refractivity (Wildman–Crippen MR) is 108 cm³/mol. The Kier molecular flexibility index (Phi) is 4.69. The molecular formula is C22H20F2N4. The van der Waals surface area contributed by atoms with E-state index in [0.29, 0.717) is 28.6 Å². The number of halogens is 2. The first-order valence-electron chi connectivity index (χ1n) is 8.99. The molecule has 4 nitrogen and oxygen atoms in total. The Morgan fingerprint density at radius 3 is 2.61 bits per heavy atom. The SMILES string of the molecule is C=C(NC1Cc2ccc(F)cc2C1)c1cc(N)cc(Nc2cccc(F)c2)n1. The van der Waals surface area contributed by atoms with Crippen molar-refractivity contribution in [2.75, 3.05) is 11.1 Å². The van der Waals surface area contributed by atoms with Crippen LogP contribution in [0.1, 0.15) is 16.8 Å². The number of benzene rings is 2. The van der Waals surface area contributed by atoms with Crippen molar-refractivity contribution in [1.29, 1.82) is 0 Å². The summed E-state index contributed by atoms with van der Waals surface area (Å²) in [7, 11) is 0. The highest BCUT2D eigenvalue weighted by molar-refractivity contribution is 5.68. The quantitative estimate of drug-likeness (QED) is 0.615. The van der Waals surface area contributed by atoms with E-state index in [-0.39, 0.29) is 17.7 Å². The Bertz CT molecular complexity index is 1050. The van der Waals surface area contributed by atoms with Crippen LogP contribution in [0, 0.1) is 11.6 Å². The molecule has 0 radical (unpaired) electrons. The minimum absolute atomic E-state index is 0.118. The highest BCUT2D eigenvalue weighted by Crippen LogP contribution is 2.26. The van der Waals surface area contributed by atoms with Gasteiger partial charge in [0.1, 0.15) is 17.5 Å². The molecule has 0 spiro atoms. The molecule has 0 fully saturated rings. The van der Waals surface area contributed by atoms with Gasteiger partial charge in [-0.3, -0.25) is 0 Å². The summed E-state index contributed by atoms with van der Waals surface area (Å²) in [6, 6.07) is 14.5. The number of hydrogen-bond donors (Lipinski definition) is 3. The van der Waals surface area contributed by atoms with Gasteiger partial charge in [0.2, 0.25) is 0 Å². The minimum Gasteiger partial charge on any atom is -0.399 e. The third-order valence-electron chi connectivity index (χ3n) is 4.73. The van der Waals surface area contributed by atoms with Crippen LogP contribution in [-0.4, -0.2) is 11.0 Å². The number of rotatable bonds is 5. The van der Waals surface area contributed by atoms with E-state index in [9.17, 15) is 8.78 Å². The molecule has 142 valence electrons. The van der Waals surface area contributed by atoms with Gasteiger partial charge in [-0.15, -0.1) is 0 Å². The second-order valence-corrected chi connectivity index (χ2v) is 6.95. The Balaban J connectivity index is 1.48. The van der Waals surface area contributed by atoms with Crippen LogP contribution in [-0.2, 0) is 12.8 Å². The summed E-state index contributed by atoms with van der Waals surface area (Å²) in [5.74, 6) is -0.0541. The molecule has 1 aliphatic carbocycles. The second kappa shape index (κ2) is 7.31. The molecule has 0 aliphatic heterocycles.